The molecule has 0 radical (unpaired) electrons. The molecule has 0 bridgehead atoms. The molecule has 1 atom stereocenters. The average Bonchev–Trinajstić information content (AvgIpc) is 3.35. The molecule has 2 aromatic carbocycles. The highest BCUT2D eigenvalue weighted by molar-refractivity contribution is 5.94. The smallest absolute Gasteiger partial charge is 0.251 e. The standard InChI is InChI=1S/C24H27N5O.C4H9NO2/c1-16-11-12-29(15-16)23-13-22(27-17(2)28-23)14-26-24(30)20-5-3-18(4-6-20)19-7-9-21(25)10-8-19;1-7-3-2-5-4-6/h3-10,13,16H,11-12,14-15,25H2,1-2H3,(H,26,30);4H,2-3H2,1H3,(H,5,6). The fourth-order valence-corrected chi connectivity index (χ4v) is 3.99. The third kappa shape index (κ3) is 8.57. The molecule has 1 unspecified atom stereocenters. The maximum absolute atomic E-state index is 12.6. The zero-order chi connectivity index (χ0) is 26.6. The van der Waals surface area contributed by atoms with Crippen molar-refractivity contribution in [1.29, 1.82) is 0 Å². The predicted molar refractivity (Wildman–Crippen MR) is 146 cm³/mol. The van der Waals surface area contributed by atoms with Crippen LogP contribution in [0.25, 0.3) is 11.1 Å². The van der Waals surface area contributed by atoms with Gasteiger partial charge in [0.2, 0.25) is 6.41 Å². The van der Waals surface area contributed by atoms with Crippen LogP contribution in [0, 0.1) is 12.8 Å². The number of nitrogens with zero attached hydrogens (tertiary/aromatic N) is 3. The number of anilines is 2. The zero-order valence-corrected chi connectivity index (χ0v) is 21.7. The van der Waals surface area contributed by atoms with Crippen molar-refractivity contribution in [3.8, 4) is 11.1 Å². The minimum Gasteiger partial charge on any atom is -0.399 e. The van der Waals surface area contributed by atoms with Crippen LogP contribution in [-0.2, 0) is 16.1 Å². The second kappa shape index (κ2) is 13.9. The molecule has 3 aromatic rings. The number of amides is 2. The molecule has 0 saturated carbocycles. The lowest BCUT2D eigenvalue weighted by Crippen LogP contribution is -2.25. The molecule has 1 saturated heterocycles. The van der Waals surface area contributed by atoms with Gasteiger partial charge < -0.3 is 26.0 Å². The summed E-state index contributed by atoms with van der Waals surface area (Å²) >= 11 is 0. The topological polar surface area (TPSA) is 122 Å². The van der Waals surface area contributed by atoms with Crippen LogP contribution in [0.5, 0.6) is 0 Å². The molecular weight excluding hydrogens is 468 g/mol. The number of carbonyl (C=O) groups is 2. The Morgan fingerprint density at radius 2 is 1.81 bits per heavy atom. The van der Waals surface area contributed by atoms with Crippen LogP contribution in [0.2, 0.25) is 0 Å². The number of carbonyl (C=O) groups excluding carboxylic acids is 2. The summed E-state index contributed by atoms with van der Waals surface area (Å²) in [6.07, 6.45) is 1.83. The summed E-state index contributed by atoms with van der Waals surface area (Å²) in [4.78, 5) is 33.5. The summed E-state index contributed by atoms with van der Waals surface area (Å²) in [7, 11) is 1.59. The zero-order valence-electron chi connectivity index (χ0n) is 21.7. The highest BCUT2D eigenvalue weighted by Crippen LogP contribution is 2.23. The second-order valence-corrected chi connectivity index (χ2v) is 9.05. The van der Waals surface area contributed by atoms with Gasteiger partial charge in [0.1, 0.15) is 11.6 Å². The van der Waals surface area contributed by atoms with Crippen molar-refractivity contribution in [3.05, 3.63) is 71.7 Å². The lowest BCUT2D eigenvalue weighted by Gasteiger charge is -2.18. The van der Waals surface area contributed by atoms with Crippen LogP contribution in [0.1, 0.15) is 35.2 Å². The Kier molecular flexibility index (Phi) is 10.4. The quantitative estimate of drug-likeness (QED) is 0.232. The molecule has 9 nitrogen and oxygen atoms in total. The Morgan fingerprint density at radius 1 is 1.14 bits per heavy atom. The van der Waals surface area contributed by atoms with E-state index in [1.54, 1.807) is 7.11 Å². The van der Waals surface area contributed by atoms with Crippen molar-refractivity contribution >= 4 is 23.8 Å². The van der Waals surface area contributed by atoms with E-state index in [4.69, 9.17) is 5.73 Å². The van der Waals surface area contributed by atoms with Gasteiger partial charge in [-0.3, -0.25) is 9.59 Å². The molecule has 1 aliphatic rings. The maximum Gasteiger partial charge on any atom is 0.251 e. The van der Waals surface area contributed by atoms with E-state index in [1.807, 2.05) is 61.5 Å². The number of hydrogen-bond donors (Lipinski definition) is 3. The van der Waals surface area contributed by atoms with Gasteiger partial charge in [-0.15, -0.1) is 0 Å². The van der Waals surface area contributed by atoms with Gasteiger partial charge in [-0.2, -0.15) is 0 Å². The molecule has 9 heteroatoms. The average molecular weight is 505 g/mol. The van der Waals surface area contributed by atoms with Crippen LogP contribution in [-0.4, -0.2) is 55.6 Å². The Hall–Kier alpha value is -3.98. The molecular formula is C28H36N6O3. The van der Waals surface area contributed by atoms with E-state index in [-0.39, 0.29) is 5.91 Å². The van der Waals surface area contributed by atoms with E-state index in [2.05, 4.69) is 37.2 Å². The van der Waals surface area contributed by atoms with Crippen LogP contribution in [0.15, 0.2) is 54.6 Å². The Morgan fingerprint density at radius 3 is 2.41 bits per heavy atom. The molecule has 4 rings (SSSR count). The summed E-state index contributed by atoms with van der Waals surface area (Å²) in [5.74, 6) is 2.24. The third-order valence-electron chi connectivity index (χ3n) is 5.98. The largest absolute Gasteiger partial charge is 0.399 e. The lowest BCUT2D eigenvalue weighted by molar-refractivity contribution is -0.109. The summed E-state index contributed by atoms with van der Waals surface area (Å²) in [5.41, 5.74) is 10.0. The number of aromatic nitrogens is 2. The molecule has 0 spiro atoms. The number of ether oxygens (including phenoxy) is 1. The highest BCUT2D eigenvalue weighted by Gasteiger charge is 2.20. The maximum atomic E-state index is 12.6. The van der Waals surface area contributed by atoms with Gasteiger partial charge >= 0.3 is 0 Å². The van der Waals surface area contributed by atoms with E-state index in [0.29, 0.717) is 37.6 Å². The van der Waals surface area contributed by atoms with Gasteiger partial charge in [0.15, 0.2) is 0 Å². The minimum absolute atomic E-state index is 0.119. The summed E-state index contributed by atoms with van der Waals surface area (Å²) in [5, 5.41) is 5.42. The van der Waals surface area contributed by atoms with Crippen molar-refractivity contribution in [2.45, 2.75) is 26.8 Å². The molecule has 1 aliphatic heterocycles. The van der Waals surface area contributed by atoms with Crippen molar-refractivity contribution in [2.75, 3.05) is 44.0 Å². The van der Waals surface area contributed by atoms with Gasteiger partial charge in [-0.25, -0.2) is 9.97 Å². The van der Waals surface area contributed by atoms with Gasteiger partial charge in [0.05, 0.1) is 18.8 Å². The lowest BCUT2D eigenvalue weighted by atomic mass is 10.0. The van der Waals surface area contributed by atoms with Crippen LogP contribution in [0.3, 0.4) is 0 Å². The number of nitrogens with two attached hydrogens (primary N) is 1. The fourth-order valence-electron chi connectivity index (χ4n) is 3.99. The number of rotatable bonds is 9. The molecule has 2 amide bonds. The monoisotopic (exact) mass is 504 g/mol. The first-order valence-electron chi connectivity index (χ1n) is 12.4. The molecule has 0 aliphatic carbocycles. The SMILES string of the molecule is COCCNC=O.Cc1nc(CNC(=O)c2ccc(-c3ccc(N)cc3)cc2)cc(N2CCC(C)C2)n1. The van der Waals surface area contributed by atoms with E-state index in [0.717, 1.165) is 47.2 Å². The van der Waals surface area contributed by atoms with Crippen molar-refractivity contribution < 1.29 is 14.3 Å². The first-order chi connectivity index (χ1) is 17.9. The normalized spacial score (nSPS) is 14.5. The first kappa shape index (κ1) is 27.6. The number of benzene rings is 2. The first-order valence-corrected chi connectivity index (χ1v) is 12.4. The summed E-state index contributed by atoms with van der Waals surface area (Å²) < 4.78 is 4.62. The number of nitrogen functional groups attached to an aromatic ring is 1. The van der Waals surface area contributed by atoms with E-state index >= 15 is 0 Å². The molecule has 37 heavy (non-hydrogen) atoms. The number of hydrogen-bond acceptors (Lipinski definition) is 7. The summed E-state index contributed by atoms with van der Waals surface area (Å²) in [6, 6.07) is 17.2. The molecule has 196 valence electrons. The fraction of sp³-hybridized carbons (Fsp3) is 0.357. The summed E-state index contributed by atoms with van der Waals surface area (Å²) in [6.45, 7) is 7.74. The number of methoxy groups -OCH3 is 1. The van der Waals surface area contributed by atoms with Crippen molar-refractivity contribution in [1.82, 2.24) is 20.6 Å². The molecule has 2 heterocycles. The van der Waals surface area contributed by atoms with Crippen molar-refractivity contribution in [2.24, 2.45) is 5.92 Å². The third-order valence-corrected chi connectivity index (χ3v) is 5.98. The highest BCUT2D eigenvalue weighted by atomic mass is 16.5. The van der Waals surface area contributed by atoms with Crippen LogP contribution in [0.4, 0.5) is 11.5 Å². The van der Waals surface area contributed by atoms with E-state index in [9.17, 15) is 9.59 Å². The Balaban J connectivity index is 0.000000479. The van der Waals surface area contributed by atoms with Gasteiger partial charge in [0, 0.05) is 44.1 Å². The van der Waals surface area contributed by atoms with Crippen LogP contribution < -0.4 is 21.3 Å². The molecule has 1 aromatic heterocycles. The number of aryl methyl sites for hydroxylation is 1. The van der Waals surface area contributed by atoms with Gasteiger partial charge in [-0.05, 0) is 54.7 Å². The minimum atomic E-state index is -0.119. The van der Waals surface area contributed by atoms with E-state index < -0.39 is 0 Å². The van der Waals surface area contributed by atoms with Crippen molar-refractivity contribution in [3.63, 3.8) is 0 Å². The van der Waals surface area contributed by atoms with Gasteiger partial charge in [-0.1, -0.05) is 31.2 Å². The Bertz CT molecular complexity index is 1150. The predicted octanol–water partition coefficient (Wildman–Crippen LogP) is 3.19. The molecule has 4 N–H and O–H groups in total. The van der Waals surface area contributed by atoms with Crippen LogP contribution >= 0.6 is 0 Å². The number of nitrogens with one attached hydrogen (secondary N) is 2. The molecule has 1 fully saturated rings. The van der Waals surface area contributed by atoms with Gasteiger partial charge in [0.25, 0.3) is 5.91 Å². The van der Waals surface area contributed by atoms with E-state index in [1.165, 1.54) is 6.42 Å². The second-order valence-electron chi connectivity index (χ2n) is 9.05. The Labute approximate surface area is 218 Å².